The van der Waals surface area contributed by atoms with Crippen LogP contribution in [0.25, 0.3) is 0 Å². The second-order valence-corrected chi connectivity index (χ2v) is 12.7. The third-order valence-corrected chi connectivity index (χ3v) is 9.65. The van der Waals surface area contributed by atoms with E-state index in [0.29, 0.717) is 37.6 Å². The van der Waals surface area contributed by atoms with Crippen molar-refractivity contribution in [2.24, 2.45) is 23.7 Å². The minimum Gasteiger partial charge on any atom is -0.394 e. The monoisotopic (exact) mass is 636 g/mol. The highest BCUT2D eigenvalue weighted by Crippen LogP contribution is 2.35. The fourth-order valence-corrected chi connectivity index (χ4v) is 6.22. The predicted octanol–water partition coefficient (Wildman–Crippen LogP) is 5.37. The standard InChI is InChI=1S/C28H32O5.C10H20O3/c1-20-24(29)26(31-17-21-11-5-2-6-12-21)28(33-19-23-15-9-4-10-16-23)27(25(20)30)32-18-22-13-7-3-8-14-22;1-6-7(2)9(5-11)13-10(12-4)8(6)3/h2-16,20,24-30H,17-19H2,1H3;6-11H,5H2,1-4H3/t20?,24-,25?,26?,27?,28?;6-,7-,8?,9?,10-/m10/s1. The van der Waals surface area contributed by atoms with Gasteiger partial charge in [-0.2, -0.15) is 0 Å². The summed E-state index contributed by atoms with van der Waals surface area (Å²) in [6.07, 6.45) is -3.94. The normalized spacial score (nSPS) is 32.7. The van der Waals surface area contributed by atoms with Gasteiger partial charge in [0.1, 0.15) is 18.3 Å². The quantitative estimate of drug-likeness (QED) is 0.258. The Morgan fingerprint density at radius 3 is 1.30 bits per heavy atom. The molecule has 1 saturated carbocycles. The van der Waals surface area contributed by atoms with E-state index in [9.17, 15) is 10.2 Å². The van der Waals surface area contributed by atoms with Gasteiger partial charge in [-0.3, -0.25) is 0 Å². The van der Waals surface area contributed by atoms with E-state index >= 15 is 0 Å². The van der Waals surface area contributed by atoms with E-state index in [1.165, 1.54) is 0 Å². The molecule has 1 heterocycles. The average molecular weight is 637 g/mol. The van der Waals surface area contributed by atoms with Gasteiger partial charge in [0.05, 0.1) is 44.7 Å². The van der Waals surface area contributed by atoms with Gasteiger partial charge in [-0.25, -0.2) is 0 Å². The predicted molar refractivity (Wildman–Crippen MR) is 176 cm³/mol. The summed E-state index contributed by atoms with van der Waals surface area (Å²) in [5.74, 6) is 0.883. The number of aliphatic hydroxyl groups is 3. The number of methoxy groups -OCH3 is 1. The lowest BCUT2D eigenvalue weighted by Gasteiger charge is -2.46. The highest BCUT2D eigenvalue weighted by Gasteiger charge is 2.50. The van der Waals surface area contributed by atoms with E-state index in [4.69, 9.17) is 28.8 Å². The smallest absolute Gasteiger partial charge is 0.160 e. The maximum atomic E-state index is 11.0. The van der Waals surface area contributed by atoms with E-state index in [0.717, 1.165) is 16.7 Å². The molecule has 1 saturated heterocycles. The van der Waals surface area contributed by atoms with E-state index in [-0.39, 0.29) is 19.0 Å². The van der Waals surface area contributed by atoms with Crippen LogP contribution < -0.4 is 0 Å². The Bertz CT molecular complexity index is 1170. The van der Waals surface area contributed by atoms with Crippen LogP contribution in [0, 0.1) is 23.7 Å². The Hall–Kier alpha value is -2.66. The first-order chi connectivity index (χ1) is 22.2. The number of hydrogen-bond donors (Lipinski definition) is 3. The SMILES string of the molecule is CC1C(O)C(OCc2ccccc2)C(OCc2ccccc2)C(OCc2ccccc2)[C@@H]1O.CO[C@H]1OC(CO)[C@@H](C)[C@H](C)C1C. The van der Waals surface area contributed by atoms with E-state index in [1.807, 2.05) is 97.9 Å². The van der Waals surface area contributed by atoms with Crippen LogP contribution in [0.15, 0.2) is 91.0 Å². The largest absolute Gasteiger partial charge is 0.394 e. The molecule has 0 spiro atoms. The van der Waals surface area contributed by atoms with Crippen LogP contribution in [0.3, 0.4) is 0 Å². The molecule has 5 rings (SSSR count). The maximum absolute atomic E-state index is 11.0. The van der Waals surface area contributed by atoms with Crippen molar-refractivity contribution in [3.05, 3.63) is 108 Å². The summed E-state index contributed by atoms with van der Waals surface area (Å²) >= 11 is 0. The number of rotatable bonds is 11. The van der Waals surface area contributed by atoms with Crippen LogP contribution in [0.1, 0.15) is 44.4 Å². The van der Waals surface area contributed by atoms with Gasteiger partial charge in [0.25, 0.3) is 0 Å². The Labute approximate surface area is 274 Å². The molecule has 3 aromatic carbocycles. The van der Waals surface area contributed by atoms with Gasteiger partial charge in [-0.1, -0.05) is 119 Å². The first kappa shape index (κ1) is 36.2. The molecule has 1 aliphatic heterocycles. The van der Waals surface area contributed by atoms with Crippen LogP contribution in [0.2, 0.25) is 0 Å². The summed E-state index contributed by atoms with van der Waals surface area (Å²) in [6.45, 7) is 9.33. The van der Waals surface area contributed by atoms with Gasteiger partial charge < -0.3 is 39.0 Å². The van der Waals surface area contributed by atoms with E-state index < -0.39 is 36.4 Å². The lowest BCUT2D eigenvalue weighted by Crippen LogP contribution is -2.62. The summed E-state index contributed by atoms with van der Waals surface area (Å²) in [4.78, 5) is 0. The second kappa shape index (κ2) is 18.0. The Morgan fingerprint density at radius 1 is 0.543 bits per heavy atom. The van der Waals surface area contributed by atoms with Crippen LogP contribution in [-0.4, -0.2) is 72.0 Å². The molecule has 0 aromatic heterocycles. The molecule has 0 bridgehead atoms. The zero-order valence-electron chi connectivity index (χ0n) is 27.7. The molecule has 8 nitrogen and oxygen atoms in total. The number of ether oxygens (including phenoxy) is 5. The fraction of sp³-hybridized carbons (Fsp3) is 0.526. The summed E-state index contributed by atoms with van der Waals surface area (Å²) in [7, 11) is 1.65. The van der Waals surface area contributed by atoms with Crippen molar-refractivity contribution >= 4 is 0 Å². The van der Waals surface area contributed by atoms with Crippen LogP contribution >= 0.6 is 0 Å². The zero-order chi connectivity index (χ0) is 33.1. The average Bonchev–Trinajstić information content (AvgIpc) is 3.10. The Balaban J connectivity index is 0.000000310. The molecule has 2 fully saturated rings. The minimum atomic E-state index is -0.888. The molecule has 0 radical (unpaired) electrons. The van der Waals surface area contributed by atoms with Gasteiger partial charge in [0.2, 0.25) is 0 Å². The summed E-state index contributed by atoms with van der Waals surface area (Å²) < 4.78 is 29.6. The molecule has 0 amide bonds. The molecule has 46 heavy (non-hydrogen) atoms. The first-order valence-corrected chi connectivity index (χ1v) is 16.4. The van der Waals surface area contributed by atoms with Crippen molar-refractivity contribution in [1.29, 1.82) is 0 Å². The number of benzene rings is 3. The zero-order valence-corrected chi connectivity index (χ0v) is 27.7. The number of hydrogen-bond acceptors (Lipinski definition) is 8. The molecule has 11 atom stereocenters. The summed E-state index contributed by atoms with van der Waals surface area (Å²) in [6, 6.07) is 29.5. The molecule has 8 heteroatoms. The van der Waals surface area contributed by atoms with Crippen molar-refractivity contribution in [1.82, 2.24) is 0 Å². The van der Waals surface area contributed by atoms with Gasteiger partial charge in [-0.15, -0.1) is 0 Å². The van der Waals surface area contributed by atoms with Crippen molar-refractivity contribution in [2.75, 3.05) is 13.7 Å². The molecular formula is C38H52O8. The van der Waals surface area contributed by atoms with Gasteiger partial charge in [-0.05, 0) is 28.5 Å². The summed E-state index contributed by atoms with van der Waals surface area (Å²) in [5, 5.41) is 31.2. The van der Waals surface area contributed by atoms with E-state index in [1.54, 1.807) is 7.11 Å². The van der Waals surface area contributed by atoms with Crippen molar-refractivity contribution < 1.29 is 39.0 Å². The first-order valence-electron chi connectivity index (χ1n) is 16.4. The second-order valence-electron chi connectivity index (χ2n) is 12.7. The van der Waals surface area contributed by atoms with Crippen LogP contribution in [0.4, 0.5) is 0 Å². The van der Waals surface area contributed by atoms with Gasteiger partial charge >= 0.3 is 0 Å². The molecule has 3 N–H and O–H groups in total. The molecule has 7 unspecified atom stereocenters. The highest BCUT2D eigenvalue weighted by molar-refractivity contribution is 5.16. The lowest BCUT2D eigenvalue weighted by molar-refractivity contribution is -0.248. The van der Waals surface area contributed by atoms with Crippen LogP contribution in [0.5, 0.6) is 0 Å². The molecule has 1 aliphatic carbocycles. The van der Waals surface area contributed by atoms with E-state index in [2.05, 4.69) is 20.8 Å². The third kappa shape index (κ3) is 9.46. The van der Waals surface area contributed by atoms with Crippen molar-refractivity contribution in [2.45, 2.75) is 90.4 Å². The van der Waals surface area contributed by atoms with Gasteiger partial charge in [0.15, 0.2) is 6.29 Å². The van der Waals surface area contributed by atoms with Crippen molar-refractivity contribution in [3.63, 3.8) is 0 Å². The van der Waals surface area contributed by atoms with Crippen molar-refractivity contribution in [3.8, 4) is 0 Å². The molecule has 3 aromatic rings. The maximum Gasteiger partial charge on any atom is 0.160 e. The molecule has 2 aliphatic rings. The molecular weight excluding hydrogens is 584 g/mol. The highest BCUT2D eigenvalue weighted by atomic mass is 16.7. The molecule has 252 valence electrons. The Morgan fingerprint density at radius 2 is 0.935 bits per heavy atom. The minimum absolute atomic E-state index is 0.0730. The topological polar surface area (TPSA) is 107 Å². The van der Waals surface area contributed by atoms with Crippen LogP contribution in [-0.2, 0) is 43.5 Å². The fourth-order valence-electron chi connectivity index (χ4n) is 6.22. The summed E-state index contributed by atoms with van der Waals surface area (Å²) in [5.41, 5.74) is 3.02. The third-order valence-electron chi connectivity index (χ3n) is 9.65. The Kier molecular flexibility index (Phi) is 14.2. The number of aliphatic hydroxyl groups excluding tert-OH is 3. The van der Waals surface area contributed by atoms with Gasteiger partial charge in [0, 0.05) is 18.9 Å². The lowest BCUT2D eigenvalue weighted by atomic mass is 9.79.